The molecular weight excluding hydrogens is 370 g/mol. The Bertz CT molecular complexity index is 1130. The summed E-state index contributed by atoms with van der Waals surface area (Å²) >= 11 is 5.68. The zero-order chi connectivity index (χ0) is 27.3. The van der Waals surface area contributed by atoms with Gasteiger partial charge in [-0.2, -0.15) is 0 Å². The van der Waals surface area contributed by atoms with E-state index >= 15 is 4.39 Å². The fourth-order valence-corrected chi connectivity index (χ4v) is 2.72. The van der Waals surface area contributed by atoms with Crippen LogP contribution in [0, 0.1) is 12.7 Å². The lowest BCUT2D eigenvalue weighted by atomic mass is 9.87. The van der Waals surface area contributed by atoms with E-state index in [1.165, 1.54) is 12.1 Å². The van der Waals surface area contributed by atoms with Crippen LogP contribution in [0.4, 0.5) is 8.78 Å². The molecule has 2 aromatic rings. The fourth-order valence-electron chi connectivity index (χ4n) is 2.54. The summed E-state index contributed by atoms with van der Waals surface area (Å²) in [6.45, 7) is -8.26. The van der Waals surface area contributed by atoms with Crippen molar-refractivity contribution in [2.24, 2.45) is 0 Å². The average Bonchev–Trinajstić information content (AvgIpc) is 2.71. The predicted octanol–water partition coefficient (Wildman–Crippen LogP) is 5.15. The largest absolute Gasteiger partial charge is 0.338 e. The Hall–Kier alpha value is -2.01. The number of rotatable bonds is 5. The quantitative estimate of drug-likeness (QED) is 0.694. The van der Waals surface area contributed by atoms with E-state index in [9.17, 15) is 9.18 Å². The summed E-state index contributed by atoms with van der Waals surface area (Å²) < 4.78 is 101. The number of carbonyl (C=O) groups is 1. The Kier molecular flexibility index (Phi) is 3.43. The highest BCUT2D eigenvalue weighted by Crippen LogP contribution is 2.32. The number of amides is 1. The van der Waals surface area contributed by atoms with Gasteiger partial charge in [0.25, 0.3) is 5.91 Å². The zero-order valence-corrected chi connectivity index (χ0v) is 15.0. The van der Waals surface area contributed by atoms with Crippen molar-refractivity contribution < 1.29 is 25.9 Å². The summed E-state index contributed by atoms with van der Waals surface area (Å²) in [5, 5.41) is -0.435. The Morgan fingerprint density at radius 2 is 2.19 bits per heavy atom. The molecule has 6 heteroatoms. The van der Waals surface area contributed by atoms with Gasteiger partial charge in [0.15, 0.2) is 0 Å². The molecule has 0 spiro atoms. The molecule has 0 aliphatic carbocycles. The van der Waals surface area contributed by atoms with Gasteiger partial charge in [0.05, 0.1) is 5.02 Å². The van der Waals surface area contributed by atoms with Crippen molar-refractivity contribution in [3.63, 3.8) is 0 Å². The summed E-state index contributed by atoms with van der Waals surface area (Å²) in [6, 6.07) is 5.44. The smallest absolute Gasteiger partial charge is 0.253 e. The maximum atomic E-state index is 16.1. The molecule has 1 amide bonds. The Labute approximate surface area is 176 Å². The molecule has 0 radical (unpaired) electrons. The number of likely N-dealkylation sites (tertiary alicyclic amines) is 1. The zero-order valence-electron chi connectivity index (χ0n) is 23.2. The second-order valence-corrected chi connectivity index (χ2v) is 6.53. The van der Waals surface area contributed by atoms with Gasteiger partial charge in [-0.25, -0.2) is 8.78 Å². The number of piperidine rings is 1. The van der Waals surface area contributed by atoms with Crippen LogP contribution in [0.25, 0.3) is 0 Å². The first kappa shape index (κ1) is 11.1. The summed E-state index contributed by atoms with van der Waals surface area (Å²) in [5.41, 5.74) is -3.05. The molecule has 0 unspecified atom stereocenters. The molecule has 3 rings (SSSR count). The highest BCUT2D eigenvalue weighted by molar-refractivity contribution is 6.31. The van der Waals surface area contributed by atoms with E-state index in [0.717, 1.165) is 24.4 Å². The minimum Gasteiger partial charge on any atom is -0.338 e. The van der Waals surface area contributed by atoms with E-state index in [4.69, 9.17) is 23.9 Å². The topological polar surface area (TPSA) is 33.2 Å². The first-order valence-corrected chi connectivity index (χ1v) is 8.61. The third kappa shape index (κ3) is 5.04. The number of nitrogens with zero attached hydrogens (tertiary/aromatic N) is 2. The molecular formula is C21H23ClF2N2O. The molecule has 1 saturated heterocycles. The third-order valence-electron chi connectivity index (χ3n) is 4.05. The molecule has 0 atom stereocenters. The summed E-state index contributed by atoms with van der Waals surface area (Å²) in [4.78, 5) is 17.1. The molecule has 1 aliphatic heterocycles. The van der Waals surface area contributed by atoms with Gasteiger partial charge in [-0.1, -0.05) is 17.7 Å². The minimum atomic E-state index is -3.00. The summed E-state index contributed by atoms with van der Waals surface area (Å²) in [7, 11) is 0. The average molecular weight is 402 g/mol. The van der Waals surface area contributed by atoms with Crippen molar-refractivity contribution in [1.82, 2.24) is 9.88 Å². The molecule has 0 N–H and O–H groups in total. The van der Waals surface area contributed by atoms with Gasteiger partial charge in [-0.3, -0.25) is 9.78 Å². The molecule has 1 fully saturated rings. The third-order valence-corrected chi connectivity index (χ3v) is 4.34. The van der Waals surface area contributed by atoms with Crippen LogP contribution in [0.1, 0.15) is 59.6 Å². The maximum absolute atomic E-state index is 16.1. The first-order valence-electron chi connectivity index (χ1n) is 12.7. The van der Waals surface area contributed by atoms with Gasteiger partial charge in [-0.15, -0.1) is 0 Å². The van der Waals surface area contributed by atoms with Crippen LogP contribution in [0.5, 0.6) is 0 Å². The predicted molar refractivity (Wildman–Crippen MR) is 102 cm³/mol. The van der Waals surface area contributed by atoms with E-state index in [2.05, 4.69) is 4.98 Å². The van der Waals surface area contributed by atoms with Crippen molar-refractivity contribution in [2.45, 2.75) is 44.6 Å². The number of benzene rings is 1. The van der Waals surface area contributed by atoms with Crippen molar-refractivity contribution in [2.75, 3.05) is 13.0 Å². The van der Waals surface area contributed by atoms with Crippen LogP contribution in [-0.2, 0) is 6.42 Å². The van der Waals surface area contributed by atoms with E-state index in [1.54, 1.807) is 0 Å². The number of hydrogen-bond acceptors (Lipinski definition) is 2. The maximum Gasteiger partial charge on any atom is 0.253 e. The van der Waals surface area contributed by atoms with Crippen LogP contribution < -0.4 is 0 Å². The molecule has 0 saturated carbocycles. The van der Waals surface area contributed by atoms with Gasteiger partial charge in [0.2, 0.25) is 0 Å². The van der Waals surface area contributed by atoms with E-state index in [0.29, 0.717) is 0 Å². The summed E-state index contributed by atoms with van der Waals surface area (Å²) in [6.07, 6.45) is -4.55. The normalized spacial score (nSPS) is 26.0. The number of aromatic nitrogens is 1. The molecule has 1 aromatic heterocycles. The number of halogens is 3. The molecule has 144 valence electrons. The summed E-state index contributed by atoms with van der Waals surface area (Å²) in [5.74, 6) is -2.02. The van der Waals surface area contributed by atoms with E-state index in [-0.39, 0.29) is 28.1 Å². The fraction of sp³-hybridized carbons (Fsp3) is 0.429. The van der Waals surface area contributed by atoms with E-state index in [1.807, 2.05) is 0 Å². The van der Waals surface area contributed by atoms with E-state index < -0.39 is 67.9 Å². The van der Waals surface area contributed by atoms with Crippen LogP contribution in [0.2, 0.25) is 5.02 Å². The Morgan fingerprint density at radius 3 is 2.81 bits per heavy atom. The molecule has 27 heavy (non-hydrogen) atoms. The van der Waals surface area contributed by atoms with Crippen molar-refractivity contribution in [1.29, 1.82) is 0 Å². The van der Waals surface area contributed by atoms with Crippen molar-refractivity contribution in [3.05, 3.63) is 64.2 Å². The SMILES string of the molecule is [2H]C([2H])([2H])c1ccc(CCC([2H])([2H])C2(F)CC([2H])([2H])N(C(=O)c3ccc(F)c(Cl)c3)C([2H])([2H])C2)nc1. The Balaban J connectivity index is 1.82. The second-order valence-electron chi connectivity index (χ2n) is 6.12. The second kappa shape index (κ2) is 8.34. The van der Waals surface area contributed by atoms with Crippen LogP contribution in [-0.4, -0.2) is 34.5 Å². The lowest BCUT2D eigenvalue weighted by Crippen LogP contribution is -2.44. The first-order chi connectivity index (χ1) is 16.3. The standard InChI is InChI=1S/C21H23ClF2N2O/c1-15-4-6-17(25-14-15)3-2-8-21(24)9-11-26(12-10-21)20(27)16-5-7-19(23)18(22)13-16/h4-7,13-14H,2-3,8-12H2,1H3/i1D3,8D2,11D2,12D2. The lowest BCUT2D eigenvalue weighted by molar-refractivity contribution is 0.0389. The van der Waals surface area contributed by atoms with Gasteiger partial charge in [0, 0.05) is 42.8 Å². The van der Waals surface area contributed by atoms with Gasteiger partial charge < -0.3 is 4.90 Å². The molecule has 0 bridgehead atoms. The molecule has 1 aromatic carbocycles. The van der Waals surface area contributed by atoms with Gasteiger partial charge in [-0.05, 0) is 68.7 Å². The van der Waals surface area contributed by atoms with Gasteiger partial charge in [0.1, 0.15) is 11.5 Å². The highest BCUT2D eigenvalue weighted by Gasteiger charge is 2.35. The highest BCUT2D eigenvalue weighted by atomic mass is 35.5. The van der Waals surface area contributed by atoms with Crippen molar-refractivity contribution in [3.8, 4) is 0 Å². The molecule has 2 heterocycles. The lowest BCUT2D eigenvalue weighted by Gasteiger charge is -2.36. The van der Waals surface area contributed by atoms with Crippen molar-refractivity contribution >= 4 is 17.5 Å². The molecule has 1 aliphatic rings. The number of aryl methyl sites for hydroxylation is 2. The number of alkyl halides is 1. The van der Waals surface area contributed by atoms with Gasteiger partial charge >= 0.3 is 0 Å². The van der Waals surface area contributed by atoms with Crippen LogP contribution in [0.3, 0.4) is 0 Å². The Morgan fingerprint density at radius 1 is 1.41 bits per heavy atom. The van der Waals surface area contributed by atoms with Crippen LogP contribution >= 0.6 is 11.6 Å². The number of carbonyl (C=O) groups excluding carboxylic acids is 1. The van der Waals surface area contributed by atoms with Crippen LogP contribution in [0.15, 0.2) is 36.5 Å². The number of hydrogen-bond donors (Lipinski definition) is 0. The minimum absolute atomic E-state index is 0.0166. The monoisotopic (exact) mass is 401 g/mol. The molecule has 3 nitrogen and oxygen atoms in total. The number of pyridine rings is 1.